The highest BCUT2D eigenvalue weighted by molar-refractivity contribution is 5.74. The highest BCUT2D eigenvalue weighted by Crippen LogP contribution is 2.26. The van der Waals surface area contributed by atoms with Crippen molar-refractivity contribution in [1.29, 1.82) is 0 Å². The summed E-state index contributed by atoms with van der Waals surface area (Å²) in [6.45, 7) is 4.16. The molecular weight excluding hydrogens is 411 g/mol. The lowest BCUT2D eigenvalue weighted by Gasteiger charge is -2.31. The quantitative estimate of drug-likeness (QED) is 0.597. The van der Waals surface area contributed by atoms with Gasteiger partial charge in [0.2, 0.25) is 5.89 Å². The zero-order valence-corrected chi connectivity index (χ0v) is 18.1. The molecule has 1 aliphatic heterocycles. The fourth-order valence-electron chi connectivity index (χ4n) is 3.68. The summed E-state index contributed by atoms with van der Waals surface area (Å²) in [6, 6.07) is 13.9. The molecule has 0 bridgehead atoms. The molecule has 168 valence electrons. The van der Waals surface area contributed by atoms with Gasteiger partial charge < -0.3 is 19.5 Å². The molecule has 4 rings (SSSR count). The summed E-state index contributed by atoms with van der Waals surface area (Å²) in [4.78, 5) is 18.9. The van der Waals surface area contributed by atoms with Crippen molar-refractivity contribution in [2.24, 2.45) is 0 Å². The minimum absolute atomic E-state index is 0.0214. The Kier molecular flexibility index (Phi) is 6.99. The monoisotopic (exact) mass is 438 g/mol. The Morgan fingerprint density at radius 3 is 2.78 bits per heavy atom. The molecule has 2 aromatic carbocycles. The summed E-state index contributed by atoms with van der Waals surface area (Å²) >= 11 is 0. The molecule has 1 atom stereocenters. The number of halogens is 1. The first-order chi connectivity index (χ1) is 15.6. The van der Waals surface area contributed by atoms with Gasteiger partial charge in [0, 0.05) is 26.1 Å². The standard InChI is InChI=1S/C24H27FN4O3/c1-17-4-6-18(7-5-17)15-26-24(30)29-13-2-3-19(16-29)23-27-22(28-32-23)12-14-31-21-10-8-20(25)9-11-21/h4-11,19H,2-3,12-16H2,1H3,(H,26,30). The molecule has 1 aliphatic rings. The maximum Gasteiger partial charge on any atom is 0.317 e. The third-order valence-electron chi connectivity index (χ3n) is 5.51. The molecule has 2 amide bonds. The van der Waals surface area contributed by atoms with Crippen molar-refractivity contribution in [2.75, 3.05) is 19.7 Å². The van der Waals surface area contributed by atoms with Crippen molar-refractivity contribution in [3.05, 3.63) is 77.2 Å². The summed E-state index contributed by atoms with van der Waals surface area (Å²) in [7, 11) is 0. The number of urea groups is 1. The molecule has 32 heavy (non-hydrogen) atoms. The second kappa shape index (κ2) is 10.3. The van der Waals surface area contributed by atoms with Crippen molar-refractivity contribution in [3.8, 4) is 5.75 Å². The number of benzene rings is 2. The molecule has 1 unspecified atom stereocenters. The lowest BCUT2D eigenvalue weighted by molar-refractivity contribution is 0.171. The van der Waals surface area contributed by atoms with Crippen molar-refractivity contribution in [2.45, 2.75) is 38.6 Å². The SMILES string of the molecule is Cc1ccc(CNC(=O)N2CCCC(c3nc(CCOc4ccc(F)cc4)no3)C2)cc1. The molecule has 1 aromatic heterocycles. The van der Waals surface area contributed by atoms with E-state index in [0.29, 0.717) is 50.1 Å². The molecule has 1 fully saturated rings. The molecule has 1 saturated heterocycles. The number of nitrogens with one attached hydrogen (secondary N) is 1. The van der Waals surface area contributed by atoms with Crippen LogP contribution in [-0.2, 0) is 13.0 Å². The van der Waals surface area contributed by atoms with Gasteiger partial charge in [0.05, 0.1) is 12.5 Å². The highest BCUT2D eigenvalue weighted by Gasteiger charge is 2.28. The molecule has 1 N–H and O–H groups in total. The van der Waals surface area contributed by atoms with E-state index < -0.39 is 0 Å². The predicted octanol–water partition coefficient (Wildman–Crippen LogP) is 4.23. The van der Waals surface area contributed by atoms with Crippen LogP contribution in [0.15, 0.2) is 53.1 Å². The second-order valence-corrected chi connectivity index (χ2v) is 8.03. The molecule has 8 heteroatoms. The number of aromatic nitrogens is 2. The number of likely N-dealkylation sites (tertiary alicyclic amines) is 1. The number of amides is 2. The smallest absolute Gasteiger partial charge is 0.317 e. The number of ether oxygens (including phenoxy) is 1. The van der Waals surface area contributed by atoms with E-state index >= 15 is 0 Å². The molecule has 2 heterocycles. The predicted molar refractivity (Wildman–Crippen MR) is 117 cm³/mol. The third kappa shape index (κ3) is 5.84. The highest BCUT2D eigenvalue weighted by atomic mass is 19.1. The van der Waals surface area contributed by atoms with Crippen molar-refractivity contribution < 1.29 is 18.4 Å². The van der Waals surface area contributed by atoms with Crippen molar-refractivity contribution in [1.82, 2.24) is 20.4 Å². The van der Waals surface area contributed by atoms with Gasteiger partial charge in [-0.15, -0.1) is 0 Å². The van der Waals surface area contributed by atoms with Gasteiger partial charge >= 0.3 is 6.03 Å². The van der Waals surface area contributed by atoms with Gasteiger partial charge in [-0.3, -0.25) is 0 Å². The lowest BCUT2D eigenvalue weighted by Crippen LogP contribution is -2.44. The molecule has 3 aromatic rings. The van der Waals surface area contributed by atoms with Crippen LogP contribution in [0.4, 0.5) is 9.18 Å². The van der Waals surface area contributed by atoms with Crippen LogP contribution in [-0.4, -0.2) is 40.8 Å². The Labute approximate surface area is 186 Å². The van der Waals surface area contributed by atoms with E-state index in [0.717, 1.165) is 18.4 Å². The van der Waals surface area contributed by atoms with Crippen LogP contribution in [0.1, 0.15) is 41.6 Å². The first-order valence-corrected chi connectivity index (χ1v) is 10.9. The van der Waals surface area contributed by atoms with Gasteiger partial charge in [-0.2, -0.15) is 4.98 Å². The molecule has 0 spiro atoms. The summed E-state index contributed by atoms with van der Waals surface area (Å²) in [5.74, 6) is 1.43. The number of rotatable bonds is 7. The average Bonchev–Trinajstić information content (AvgIpc) is 3.29. The van der Waals surface area contributed by atoms with E-state index in [2.05, 4.69) is 15.5 Å². The van der Waals surface area contributed by atoms with Gasteiger partial charge in [-0.1, -0.05) is 35.0 Å². The number of aryl methyl sites for hydroxylation is 1. The van der Waals surface area contributed by atoms with E-state index in [1.165, 1.54) is 17.7 Å². The fraction of sp³-hybridized carbons (Fsp3) is 0.375. The fourth-order valence-corrected chi connectivity index (χ4v) is 3.68. The maximum atomic E-state index is 12.9. The summed E-state index contributed by atoms with van der Waals surface area (Å²) in [6.07, 6.45) is 2.26. The Bertz CT molecular complexity index is 1020. The van der Waals surface area contributed by atoms with E-state index in [9.17, 15) is 9.18 Å². The first-order valence-electron chi connectivity index (χ1n) is 10.9. The van der Waals surface area contributed by atoms with Gasteiger partial charge in [-0.05, 0) is 49.6 Å². The molecular formula is C24H27FN4O3. The van der Waals surface area contributed by atoms with Crippen LogP contribution in [0.25, 0.3) is 0 Å². The van der Waals surface area contributed by atoms with E-state index in [-0.39, 0.29) is 17.8 Å². The molecule has 7 nitrogen and oxygen atoms in total. The molecule has 0 radical (unpaired) electrons. The van der Waals surface area contributed by atoms with Crippen LogP contribution >= 0.6 is 0 Å². The second-order valence-electron chi connectivity index (χ2n) is 8.03. The van der Waals surface area contributed by atoms with Crippen molar-refractivity contribution in [3.63, 3.8) is 0 Å². The van der Waals surface area contributed by atoms with Crippen LogP contribution in [0.5, 0.6) is 5.75 Å². The van der Waals surface area contributed by atoms with E-state index in [1.54, 1.807) is 12.1 Å². The van der Waals surface area contributed by atoms with Crippen LogP contribution in [0, 0.1) is 12.7 Å². The third-order valence-corrected chi connectivity index (χ3v) is 5.51. The summed E-state index contributed by atoms with van der Waals surface area (Å²) in [5, 5.41) is 7.04. The number of piperidine rings is 1. The largest absolute Gasteiger partial charge is 0.493 e. The van der Waals surface area contributed by atoms with E-state index in [1.807, 2.05) is 36.1 Å². The minimum atomic E-state index is -0.300. The Morgan fingerprint density at radius 2 is 2.00 bits per heavy atom. The zero-order valence-electron chi connectivity index (χ0n) is 18.1. The normalized spacial score (nSPS) is 16.1. The number of hydrogen-bond donors (Lipinski definition) is 1. The van der Waals surface area contributed by atoms with Gasteiger partial charge in [0.1, 0.15) is 11.6 Å². The Hall–Kier alpha value is -3.42. The van der Waals surface area contributed by atoms with Crippen LogP contribution in [0.3, 0.4) is 0 Å². The van der Waals surface area contributed by atoms with Gasteiger partial charge in [0.15, 0.2) is 5.82 Å². The molecule has 0 aliphatic carbocycles. The lowest BCUT2D eigenvalue weighted by atomic mass is 9.98. The number of carbonyl (C=O) groups is 1. The number of carbonyl (C=O) groups excluding carboxylic acids is 1. The van der Waals surface area contributed by atoms with Crippen LogP contribution in [0.2, 0.25) is 0 Å². The van der Waals surface area contributed by atoms with Crippen LogP contribution < -0.4 is 10.1 Å². The van der Waals surface area contributed by atoms with E-state index in [4.69, 9.17) is 9.26 Å². The maximum absolute atomic E-state index is 12.9. The Balaban J connectivity index is 1.25. The first kappa shape index (κ1) is 21.8. The van der Waals surface area contributed by atoms with Gasteiger partial charge in [-0.25, -0.2) is 9.18 Å². The minimum Gasteiger partial charge on any atom is -0.493 e. The van der Waals surface area contributed by atoms with Crippen molar-refractivity contribution >= 4 is 6.03 Å². The summed E-state index contributed by atoms with van der Waals surface area (Å²) < 4.78 is 24.0. The zero-order chi connectivity index (χ0) is 22.3. The topological polar surface area (TPSA) is 80.5 Å². The number of nitrogens with zero attached hydrogens (tertiary/aromatic N) is 3. The average molecular weight is 439 g/mol. The Morgan fingerprint density at radius 1 is 1.22 bits per heavy atom. The summed E-state index contributed by atoms with van der Waals surface area (Å²) in [5.41, 5.74) is 2.27. The molecule has 0 saturated carbocycles. The van der Waals surface area contributed by atoms with Gasteiger partial charge in [0.25, 0.3) is 0 Å². The number of hydrogen-bond acceptors (Lipinski definition) is 5.